The summed E-state index contributed by atoms with van der Waals surface area (Å²) in [7, 11) is -2.17. The third-order valence-electron chi connectivity index (χ3n) is 3.83. The molecule has 1 aromatic carbocycles. The number of nitro groups is 1. The van der Waals surface area contributed by atoms with Gasteiger partial charge in [0, 0.05) is 18.7 Å². The Morgan fingerprint density at radius 1 is 1.29 bits per heavy atom. The van der Waals surface area contributed by atoms with E-state index in [1.807, 2.05) is 6.92 Å². The molecule has 1 fully saturated rings. The first-order valence-corrected chi connectivity index (χ1v) is 8.26. The Balaban J connectivity index is 2.34. The zero-order valence-corrected chi connectivity index (χ0v) is 12.9. The molecule has 1 saturated carbocycles. The number of nitrogens with one attached hydrogen (secondary N) is 2. The molecule has 0 bridgehead atoms. The van der Waals surface area contributed by atoms with Gasteiger partial charge < -0.3 is 5.32 Å². The number of sulfonamides is 1. The monoisotopic (exact) mass is 313 g/mol. The van der Waals surface area contributed by atoms with Crippen LogP contribution >= 0.6 is 0 Å². The molecule has 0 amide bonds. The zero-order chi connectivity index (χ0) is 15.7. The summed E-state index contributed by atoms with van der Waals surface area (Å²) in [6.07, 6.45) is 3.61. The van der Waals surface area contributed by atoms with Gasteiger partial charge in [0.1, 0.15) is 5.69 Å². The van der Waals surface area contributed by atoms with E-state index < -0.39 is 20.5 Å². The Hall–Kier alpha value is -1.67. The molecule has 1 aromatic rings. The van der Waals surface area contributed by atoms with Crippen LogP contribution in [0.5, 0.6) is 0 Å². The molecule has 0 saturated heterocycles. The molecule has 0 spiro atoms. The van der Waals surface area contributed by atoms with Crippen molar-refractivity contribution in [3.63, 3.8) is 0 Å². The van der Waals surface area contributed by atoms with Crippen LogP contribution in [0.4, 0.5) is 11.4 Å². The third-order valence-corrected chi connectivity index (χ3v) is 5.47. The van der Waals surface area contributed by atoms with Crippen molar-refractivity contribution in [1.29, 1.82) is 0 Å². The Morgan fingerprint density at radius 3 is 2.43 bits per heavy atom. The number of rotatable bonds is 5. The van der Waals surface area contributed by atoms with Gasteiger partial charge in [-0.2, -0.15) is 0 Å². The van der Waals surface area contributed by atoms with Crippen LogP contribution in [0, 0.1) is 10.1 Å². The largest absolute Gasteiger partial charge is 0.383 e. The lowest BCUT2D eigenvalue weighted by Crippen LogP contribution is -2.43. The van der Waals surface area contributed by atoms with Crippen molar-refractivity contribution in [3.05, 3.63) is 28.3 Å². The normalized spacial score (nSPS) is 17.6. The number of hydrogen-bond acceptors (Lipinski definition) is 5. The van der Waals surface area contributed by atoms with Crippen LogP contribution < -0.4 is 10.0 Å². The van der Waals surface area contributed by atoms with Crippen molar-refractivity contribution < 1.29 is 13.3 Å². The van der Waals surface area contributed by atoms with Gasteiger partial charge in [-0.25, -0.2) is 13.1 Å². The van der Waals surface area contributed by atoms with Crippen LogP contribution in [-0.2, 0) is 10.0 Å². The summed E-state index contributed by atoms with van der Waals surface area (Å²) in [6, 6.07) is 3.76. The second-order valence-corrected chi connectivity index (χ2v) is 7.24. The summed E-state index contributed by atoms with van der Waals surface area (Å²) >= 11 is 0. The first-order chi connectivity index (χ1) is 9.77. The molecule has 0 atom stereocenters. The highest BCUT2D eigenvalue weighted by Gasteiger charge is 2.34. The lowest BCUT2D eigenvalue weighted by molar-refractivity contribution is -0.384. The van der Waals surface area contributed by atoms with Crippen molar-refractivity contribution in [2.24, 2.45) is 0 Å². The van der Waals surface area contributed by atoms with Crippen molar-refractivity contribution >= 4 is 21.4 Å². The lowest BCUT2D eigenvalue weighted by Gasteiger charge is -2.25. The Kier molecular flexibility index (Phi) is 4.20. The third kappa shape index (κ3) is 3.33. The van der Waals surface area contributed by atoms with Crippen LogP contribution in [-0.4, -0.2) is 25.9 Å². The van der Waals surface area contributed by atoms with Crippen LogP contribution in [0.15, 0.2) is 23.1 Å². The first-order valence-electron chi connectivity index (χ1n) is 6.78. The van der Waals surface area contributed by atoms with E-state index in [0.29, 0.717) is 0 Å². The van der Waals surface area contributed by atoms with Crippen molar-refractivity contribution in [1.82, 2.24) is 4.72 Å². The molecule has 7 nitrogen and oxygen atoms in total. The fraction of sp³-hybridized carbons (Fsp3) is 0.538. The average Bonchev–Trinajstić information content (AvgIpc) is 2.83. The molecule has 0 aromatic heterocycles. The number of nitro benzene ring substituents is 1. The Morgan fingerprint density at radius 2 is 1.90 bits per heavy atom. The lowest BCUT2D eigenvalue weighted by atomic mass is 10.0. The summed E-state index contributed by atoms with van der Waals surface area (Å²) in [6.45, 7) is 1.89. The van der Waals surface area contributed by atoms with E-state index in [-0.39, 0.29) is 16.3 Å². The molecule has 0 radical (unpaired) electrons. The fourth-order valence-electron chi connectivity index (χ4n) is 2.68. The maximum atomic E-state index is 12.4. The second-order valence-electron chi connectivity index (χ2n) is 5.56. The molecule has 1 aliphatic rings. The smallest absolute Gasteiger partial charge is 0.292 e. The molecule has 1 aliphatic carbocycles. The fourth-order valence-corrected chi connectivity index (χ4v) is 4.17. The second kappa shape index (κ2) is 5.61. The van der Waals surface area contributed by atoms with Gasteiger partial charge in [-0.3, -0.25) is 10.1 Å². The van der Waals surface area contributed by atoms with Gasteiger partial charge in [0.05, 0.1) is 9.82 Å². The maximum Gasteiger partial charge on any atom is 0.292 e. The van der Waals surface area contributed by atoms with Gasteiger partial charge in [-0.05, 0) is 31.9 Å². The molecule has 116 valence electrons. The number of anilines is 1. The first kappa shape index (κ1) is 15.7. The van der Waals surface area contributed by atoms with Gasteiger partial charge >= 0.3 is 0 Å². The van der Waals surface area contributed by atoms with Crippen LogP contribution in [0.25, 0.3) is 0 Å². The van der Waals surface area contributed by atoms with Gasteiger partial charge in [0.25, 0.3) is 5.69 Å². The topological polar surface area (TPSA) is 101 Å². The molecule has 2 rings (SSSR count). The average molecular weight is 313 g/mol. The van der Waals surface area contributed by atoms with Crippen LogP contribution in [0.2, 0.25) is 0 Å². The molecule has 0 unspecified atom stereocenters. The Labute approximate surface area is 123 Å². The van der Waals surface area contributed by atoms with E-state index in [4.69, 9.17) is 0 Å². The highest BCUT2D eigenvalue weighted by molar-refractivity contribution is 7.89. The van der Waals surface area contributed by atoms with Crippen LogP contribution in [0.3, 0.4) is 0 Å². The molecule has 8 heteroatoms. The highest BCUT2D eigenvalue weighted by atomic mass is 32.2. The standard InChI is InChI=1S/C13H19N3O4S/c1-13(7-3-4-8-13)15-21(19,20)10-5-6-12(16(17)18)11(9-10)14-2/h5-6,9,14-15H,3-4,7-8H2,1-2H3. The summed E-state index contributed by atoms with van der Waals surface area (Å²) in [5.41, 5.74) is -0.400. The maximum absolute atomic E-state index is 12.4. The van der Waals surface area contributed by atoms with Gasteiger partial charge in [0.15, 0.2) is 0 Å². The molecule has 0 heterocycles. The number of benzene rings is 1. The molecule has 0 aliphatic heterocycles. The van der Waals surface area contributed by atoms with E-state index in [1.54, 1.807) is 0 Å². The summed E-state index contributed by atoms with van der Waals surface area (Å²) in [5, 5.41) is 13.5. The van der Waals surface area contributed by atoms with Gasteiger partial charge in [-0.15, -0.1) is 0 Å². The molecule has 2 N–H and O–H groups in total. The van der Waals surface area contributed by atoms with E-state index in [1.165, 1.54) is 25.2 Å². The predicted octanol–water partition coefficient (Wildman–Crippen LogP) is 2.25. The van der Waals surface area contributed by atoms with Crippen molar-refractivity contribution in [3.8, 4) is 0 Å². The summed E-state index contributed by atoms with van der Waals surface area (Å²) in [4.78, 5) is 10.4. The summed E-state index contributed by atoms with van der Waals surface area (Å²) < 4.78 is 27.6. The summed E-state index contributed by atoms with van der Waals surface area (Å²) in [5.74, 6) is 0. The van der Waals surface area contributed by atoms with Crippen molar-refractivity contribution in [2.45, 2.75) is 43.0 Å². The minimum absolute atomic E-state index is 0.0329. The SMILES string of the molecule is CNc1cc(S(=O)(=O)NC2(C)CCCC2)ccc1[N+](=O)[O-]. The zero-order valence-electron chi connectivity index (χ0n) is 12.0. The van der Waals surface area contributed by atoms with Crippen molar-refractivity contribution in [2.75, 3.05) is 12.4 Å². The van der Waals surface area contributed by atoms with Gasteiger partial charge in [0.2, 0.25) is 10.0 Å². The number of nitrogens with zero attached hydrogens (tertiary/aromatic N) is 1. The predicted molar refractivity (Wildman–Crippen MR) is 79.8 cm³/mol. The Bertz CT molecular complexity index is 651. The molecular formula is C13H19N3O4S. The minimum atomic E-state index is -3.69. The van der Waals surface area contributed by atoms with Gasteiger partial charge in [-0.1, -0.05) is 12.8 Å². The quantitative estimate of drug-likeness (QED) is 0.641. The minimum Gasteiger partial charge on any atom is -0.383 e. The van der Waals surface area contributed by atoms with E-state index in [2.05, 4.69) is 10.0 Å². The molecular weight excluding hydrogens is 294 g/mol. The van der Waals surface area contributed by atoms with E-state index in [0.717, 1.165) is 25.7 Å². The van der Waals surface area contributed by atoms with Crippen LogP contribution in [0.1, 0.15) is 32.6 Å². The van der Waals surface area contributed by atoms with E-state index >= 15 is 0 Å². The number of hydrogen-bond donors (Lipinski definition) is 2. The van der Waals surface area contributed by atoms with E-state index in [9.17, 15) is 18.5 Å². The highest BCUT2D eigenvalue weighted by Crippen LogP contribution is 2.32. The molecule has 21 heavy (non-hydrogen) atoms.